The quantitative estimate of drug-likeness (QED) is 0.863. The van der Waals surface area contributed by atoms with Crippen molar-refractivity contribution in [3.8, 4) is 0 Å². The lowest BCUT2D eigenvalue weighted by atomic mass is 9.97. The Kier molecular flexibility index (Phi) is 5.62. The Morgan fingerprint density at radius 2 is 1.83 bits per heavy atom. The molecule has 1 aliphatic carbocycles. The van der Waals surface area contributed by atoms with Crippen LogP contribution in [-0.2, 0) is 5.54 Å². The first-order chi connectivity index (χ1) is 11.0. The van der Waals surface area contributed by atoms with E-state index in [-0.39, 0.29) is 23.2 Å². The van der Waals surface area contributed by atoms with Crippen LogP contribution in [0, 0.1) is 6.92 Å². The summed E-state index contributed by atoms with van der Waals surface area (Å²) < 4.78 is 0. The van der Waals surface area contributed by atoms with Crippen LogP contribution in [0.5, 0.6) is 0 Å². The van der Waals surface area contributed by atoms with Gasteiger partial charge in [-0.1, -0.05) is 31.0 Å². The zero-order valence-corrected chi connectivity index (χ0v) is 14.9. The third-order valence-corrected chi connectivity index (χ3v) is 5.60. The number of hydrogen-bond donors (Lipinski definition) is 2. The second-order valence-electron chi connectivity index (χ2n) is 5.85. The fraction of sp³-hybridized carbons (Fsp3) is 0.353. The summed E-state index contributed by atoms with van der Waals surface area (Å²) in [6.07, 6.45) is 3.57. The molecular formula is C17H19ClN2O3S. The molecule has 1 saturated carbocycles. The summed E-state index contributed by atoms with van der Waals surface area (Å²) >= 11 is 1.18. The van der Waals surface area contributed by atoms with Gasteiger partial charge in [0.15, 0.2) is 0 Å². The summed E-state index contributed by atoms with van der Waals surface area (Å²) in [6.45, 7) is 1.70. The Morgan fingerprint density at radius 3 is 2.38 bits per heavy atom. The van der Waals surface area contributed by atoms with Crippen LogP contribution in [0.1, 0.15) is 56.4 Å². The molecule has 1 aliphatic rings. The van der Waals surface area contributed by atoms with Gasteiger partial charge in [-0.25, -0.2) is 9.78 Å². The van der Waals surface area contributed by atoms with Crippen LogP contribution >= 0.6 is 23.7 Å². The molecule has 5 nitrogen and oxygen atoms in total. The Morgan fingerprint density at radius 1 is 1.21 bits per heavy atom. The van der Waals surface area contributed by atoms with E-state index in [0.29, 0.717) is 16.3 Å². The molecule has 0 saturated heterocycles. The standard InChI is InChI=1S/C17H18N2O3S.ClH/c1-11-13(15(21)22)23-16(18-11)17(9-5-6-10-17)19-14(20)12-7-3-2-4-8-12;/h2-4,7-8H,5-6,9-10H2,1H3,(H,19,20)(H,21,22);1H. The molecule has 0 atom stereocenters. The molecule has 2 N–H and O–H groups in total. The lowest BCUT2D eigenvalue weighted by Crippen LogP contribution is -2.43. The number of halogens is 1. The largest absolute Gasteiger partial charge is 0.477 e. The van der Waals surface area contributed by atoms with Crippen LogP contribution in [0.25, 0.3) is 0 Å². The van der Waals surface area contributed by atoms with E-state index < -0.39 is 11.5 Å². The third-order valence-electron chi connectivity index (χ3n) is 4.25. The minimum Gasteiger partial charge on any atom is -0.477 e. The average Bonchev–Trinajstić information content (AvgIpc) is 3.16. The number of benzene rings is 1. The first-order valence-corrected chi connectivity index (χ1v) is 8.42. The Labute approximate surface area is 150 Å². The highest BCUT2D eigenvalue weighted by Gasteiger charge is 2.40. The second kappa shape index (κ2) is 7.32. The van der Waals surface area contributed by atoms with E-state index in [9.17, 15) is 14.7 Å². The number of aryl methyl sites for hydroxylation is 1. The second-order valence-corrected chi connectivity index (χ2v) is 6.85. The maximum absolute atomic E-state index is 12.6. The number of carbonyl (C=O) groups is 2. The van der Waals surface area contributed by atoms with Crippen molar-refractivity contribution in [2.24, 2.45) is 0 Å². The molecule has 0 radical (unpaired) electrons. The molecule has 1 fully saturated rings. The van der Waals surface area contributed by atoms with Crippen molar-refractivity contribution in [3.63, 3.8) is 0 Å². The number of thiazole rings is 1. The smallest absolute Gasteiger partial charge is 0.347 e. The van der Waals surface area contributed by atoms with Gasteiger partial charge in [-0.3, -0.25) is 4.79 Å². The maximum atomic E-state index is 12.6. The fourth-order valence-corrected chi connectivity index (χ4v) is 4.16. The molecule has 0 spiro atoms. The molecule has 1 aromatic heterocycles. The van der Waals surface area contributed by atoms with Gasteiger partial charge in [-0.05, 0) is 31.9 Å². The molecule has 1 aromatic carbocycles. The number of aromatic nitrogens is 1. The molecular weight excluding hydrogens is 348 g/mol. The average molecular weight is 367 g/mol. The number of carboxylic acid groups (broad SMARTS) is 1. The van der Waals surface area contributed by atoms with E-state index in [1.54, 1.807) is 19.1 Å². The molecule has 1 amide bonds. The van der Waals surface area contributed by atoms with Gasteiger partial charge in [0, 0.05) is 5.56 Å². The number of carbonyl (C=O) groups excluding carboxylic acids is 1. The summed E-state index contributed by atoms with van der Waals surface area (Å²) in [5, 5.41) is 13.1. The summed E-state index contributed by atoms with van der Waals surface area (Å²) in [6, 6.07) is 9.06. The SMILES string of the molecule is Cc1nc(C2(NC(=O)c3ccccc3)CCCC2)sc1C(=O)O.Cl. The van der Waals surface area contributed by atoms with Gasteiger partial charge in [0.2, 0.25) is 0 Å². The Bertz CT molecular complexity index is 740. The van der Waals surface area contributed by atoms with E-state index >= 15 is 0 Å². The minimum absolute atomic E-state index is 0. The van der Waals surface area contributed by atoms with E-state index in [1.807, 2.05) is 18.2 Å². The van der Waals surface area contributed by atoms with Crippen LogP contribution < -0.4 is 5.32 Å². The van der Waals surface area contributed by atoms with Gasteiger partial charge in [0.05, 0.1) is 11.2 Å². The first-order valence-electron chi connectivity index (χ1n) is 7.61. The molecule has 0 bridgehead atoms. The Hall–Kier alpha value is -1.92. The lowest BCUT2D eigenvalue weighted by molar-refractivity contribution is 0.0700. The number of nitrogens with zero attached hydrogens (tertiary/aromatic N) is 1. The molecule has 0 aliphatic heterocycles. The van der Waals surface area contributed by atoms with Crippen LogP contribution in [0.2, 0.25) is 0 Å². The van der Waals surface area contributed by atoms with Crippen molar-refractivity contribution < 1.29 is 14.7 Å². The molecule has 7 heteroatoms. The highest BCUT2D eigenvalue weighted by Crippen LogP contribution is 2.41. The normalized spacial score (nSPS) is 15.5. The summed E-state index contributed by atoms with van der Waals surface area (Å²) in [4.78, 5) is 28.5. The predicted octanol–water partition coefficient (Wildman–Crippen LogP) is 3.77. The molecule has 24 heavy (non-hydrogen) atoms. The van der Waals surface area contributed by atoms with E-state index in [0.717, 1.165) is 25.7 Å². The van der Waals surface area contributed by atoms with E-state index in [1.165, 1.54) is 11.3 Å². The molecule has 128 valence electrons. The summed E-state index contributed by atoms with van der Waals surface area (Å²) in [7, 11) is 0. The van der Waals surface area contributed by atoms with Crippen molar-refractivity contribution >= 4 is 35.6 Å². The van der Waals surface area contributed by atoms with E-state index in [4.69, 9.17) is 0 Å². The van der Waals surface area contributed by atoms with Crippen LogP contribution in [-0.4, -0.2) is 22.0 Å². The number of nitrogens with one attached hydrogen (secondary N) is 1. The predicted molar refractivity (Wildman–Crippen MR) is 95.1 cm³/mol. The monoisotopic (exact) mass is 366 g/mol. The molecule has 1 heterocycles. The topological polar surface area (TPSA) is 79.3 Å². The summed E-state index contributed by atoms with van der Waals surface area (Å²) in [5.41, 5.74) is 0.569. The van der Waals surface area contributed by atoms with Crippen LogP contribution in [0.4, 0.5) is 0 Å². The highest BCUT2D eigenvalue weighted by molar-refractivity contribution is 7.13. The zero-order valence-electron chi connectivity index (χ0n) is 13.2. The molecule has 0 unspecified atom stereocenters. The zero-order chi connectivity index (χ0) is 16.4. The molecule has 2 aromatic rings. The third kappa shape index (κ3) is 3.44. The Balaban J connectivity index is 0.00000208. The number of rotatable bonds is 4. The van der Waals surface area contributed by atoms with Crippen molar-refractivity contribution in [1.29, 1.82) is 0 Å². The van der Waals surface area contributed by atoms with Gasteiger partial charge in [-0.15, -0.1) is 23.7 Å². The van der Waals surface area contributed by atoms with Gasteiger partial charge < -0.3 is 10.4 Å². The van der Waals surface area contributed by atoms with Gasteiger partial charge >= 0.3 is 5.97 Å². The van der Waals surface area contributed by atoms with Crippen LogP contribution in [0.3, 0.4) is 0 Å². The van der Waals surface area contributed by atoms with Crippen LogP contribution in [0.15, 0.2) is 30.3 Å². The van der Waals surface area contributed by atoms with Gasteiger partial charge in [0.25, 0.3) is 5.91 Å². The number of hydrogen-bond acceptors (Lipinski definition) is 4. The van der Waals surface area contributed by atoms with Gasteiger partial charge in [0.1, 0.15) is 9.88 Å². The van der Waals surface area contributed by atoms with Crippen molar-refractivity contribution in [3.05, 3.63) is 51.5 Å². The van der Waals surface area contributed by atoms with Crippen molar-refractivity contribution in [2.75, 3.05) is 0 Å². The number of amides is 1. The number of aromatic carboxylic acids is 1. The highest BCUT2D eigenvalue weighted by atomic mass is 35.5. The lowest BCUT2D eigenvalue weighted by Gasteiger charge is -2.28. The molecule has 3 rings (SSSR count). The summed E-state index contributed by atoms with van der Waals surface area (Å²) in [5.74, 6) is -1.11. The van der Waals surface area contributed by atoms with Crippen molar-refractivity contribution in [2.45, 2.75) is 38.1 Å². The first kappa shape index (κ1) is 18.4. The van der Waals surface area contributed by atoms with E-state index in [2.05, 4.69) is 10.3 Å². The minimum atomic E-state index is -0.964. The maximum Gasteiger partial charge on any atom is 0.347 e. The van der Waals surface area contributed by atoms with Gasteiger partial charge in [-0.2, -0.15) is 0 Å². The fourth-order valence-electron chi connectivity index (χ4n) is 3.05. The van der Waals surface area contributed by atoms with Crippen molar-refractivity contribution in [1.82, 2.24) is 10.3 Å². The number of carboxylic acids is 1.